The van der Waals surface area contributed by atoms with Gasteiger partial charge in [0.1, 0.15) is 6.10 Å². The zero-order valence-electron chi connectivity index (χ0n) is 34.7. The van der Waals surface area contributed by atoms with Crippen LogP contribution < -0.4 is 9.64 Å². The van der Waals surface area contributed by atoms with Gasteiger partial charge in [-0.1, -0.05) is 44.2 Å². The number of anilines is 1. The molecule has 0 unspecified atom stereocenters. The molecule has 4 aromatic rings. The van der Waals surface area contributed by atoms with Gasteiger partial charge in [-0.15, -0.1) is 0 Å². The third-order valence-electron chi connectivity index (χ3n) is 12.1. The summed E-state index contributed by atoms with van der Waals surface area (Å²) in [7, 11) is -4.38. The Morgan fingerprint density at radius 1 is 0.902 bits per heavy atom. The Morgan fingerprint density at radius 2 is 1.52 bits per heavy atom. The van der Waals surface area contributed by atoms with Crippen LogP contribution in [-0.4, -0.2) is 59.7 Å². The lowest BCUT2D eigenvalue weighted by Crippen LogP contribution is -2.36. The van der Waals surface area contributed by atoms with Crippen LogP contribution in [0.2, 0.25) is 0 Å². The van der Waals surface area contributed by atoms with Gasteiger partial charge in [0.15, 0.2) is 11.9 Å². The number of benzene rings is 2. The average molecular weight is 875 g/mol. The first kappa shape index (κ1) is 44.8. The van der Waals surface area contributed by atoms with Gasteiger partial charge in [-0.25, -0.2) is 23.1 Å². The number of aliphatic hydroxyl groups is 1. The van der Waals surface area contributed by atoms with Crippen LogP contribution in [0.4, 0.5) is 32.3 Å². The van der Waals surface area contributed by atoms with Crippen LogP contribution in [0.15, 0.2) is 71.9 Å². The van der Waals surface area contributed by atoms with Gasteiger partial charge in [-0.3, -0.25) is 9.17 Å². The molecule has 2 atom stereocenters. The third kappa shape index (κ3) is 10.5. The molecular weight excluding hydrogens is 823 g/mol. The molecule has 1 N–H and O–H groups in total. The second-order valence-electron chi connectivity index (χ2n) is 18.1. The zero-order chi connectivity index (χ0) is 44.0. The molecule has 61 heavy (non-hydrogen) atoms. The smallest absolute Gasteiger partial charge is 0.416 e. The van der Waals surface area contributed by atoms with Crippen LogP contribution in [0.5, 0.6) is 5.75 Å². The Morgan fingerprint density at radius 3 is 2.11 bits per heavy atom. The predicted octanol–water partition coefficient (Wildman–Crippen LogP) is 10.6. The van der Waals surface area contributed by atoms with Crippen molar-refractivity contribution in [1.29, 1.82) is 0 Å². The molecule has 16 heteroatoms. The van der Waals surface area contributed by atoms with E-state index < -0.39 is 69.8 Å². The van der Waals surface area contributed by atoms with Crippen molar-refractivity contribution in [1.82, 2.24) is 15.0 Å². The molecular formula is C45H52F6N4O5S. The Hall–Kier alpha value is -4.28. The third-order valence-corrected chi connectivity index (χ3v) is 13.4. The second kappa shape index (κ2) is 17.1. The normalized spacial score (nSPS) is 20.6. The summed E-state index contributed by atoms with van der Waals surface area (Å²) in [4.78, 5) is 16.1. The molecule has 2 aromatic heterocycles. The molecule has 0 radical (unpaired) electrons. The molecule has 2 aromatic carbocycles. The van der Waals surface area contributed by atoms with Gasteiger partial charge in [-0.2, -0.15) is 21.6 Å². The van der Waals surface area contributed by atoms with E-state index in [1.807, 2.05) is 18.7 Å². The van der Waals surface area contributed by atoms with E-state index in [0.717, 1.165) is 24.3 Å². The lowest BCUT2D eigenvalue weighted by Gasteiger charge is -2.42. The molecule has 1 aliphatic heterocycles. The monoisotopic (exact) mass is 874 g/mol. The fourth-order valence-electron chi connectivity index (χ4n) is 8.88. The Bertz CT molecular complexity index is 2250. The predicted molar refractivity (Wildman–Crippen MR) is 217 cm³/mol. The highest BCUT2D eigenvalue weighted by atomic mass is 32.2. The maximum Gasteiger partial charge on any atom is 0.416 e. The molecule has 7 rings (SSSR count). The largest absolute Gasteiger partial charge is 0.490 e. The van der Waals surface area contributed by atoms with Gasteiger partial charge in [0.05, 0.1) is 40.8 Å². The van der Waals surface area contributed by atoms with Crippen molar-refractivity contribution in [2.45, 2.75) is 132 Å². The van der Waals surface area contributed by atoms with Crippen molar-refractivity contribution in [3.8, 4) is 5.75 Å². The van der Waals surface area contributed by atoms with Crippen LogP contribution in [0.3, 0.4) is 0 Å². The van der Waals surface area contributed by atoms with Crippen LogP contribution in [0.25, 0.3) is 0 Å². The second-order valence-corrected chi connectivity index (χ2v) is 19.7. The van der Waals surface area contributed by atoms with E-state index in [2.05, 4.69) is 9.97 Å². The number of pyridine rings is 1. The number of nitrogens with zero attached hydrogens (tertiary/aromatic N) is 4. The van der Waals surface area contributed by atoms with Crippen molar-refractivity contribution in [2.24, 2.45) is 5.41 Å². The SMILES string of the molecule is CC(C)(O)CCOc1cnc(N2CCC(c3nc4c(c(C5CCC(F)(F)CC5)c3[C@@H](F)c3ccc(C(F)(F)F)cc3)[C@@H](OS(=O)(=O)c3ccccc3)CC(C)(C)C4)CC2)nc1. The molecule has 330 valence electrons. The average Bonchev–Trinajstić information content (AvgIpc) is 3.19. The minimum Gasteiger partial charge on any atom is -0.490 e. The quantitative estimate of drug-likeness (QED) is 0.110. The van der Waals surface area contributed by atoms with Gasteiger partial charge in [0.25, 0.3) is 10.1 Å². The van der Waals surface area contributed by atoms with E-state index in [-0.39, 0.29) is 47.8 Å². The van der Waals surface area contributed by atoms with Crippen LogP contribution in [0.1, 0.15) is 142 Å². The lowest BCUT2D eigenvalue weighted by molar-refractivity contribution is -0.137. The first-order valence-electron chi connectivity index (χ1n) is 20.8. The van der Waals surface area contributed by atoms with Crippen molar-refractivity contribution in [2.75, 3.05) is 24.6 Å². The number of piperidine rings is 1. The molecule has 1 saturated heterocycles. The molecule has 3 aliphatic rings. The van der Waals surface area contributed by atoms with E-state index in [1.165, 1.54) is 12.1 Å². The molecule has 0 amide bonds. The van der Waals surface area contributed by atoms with E-state index in [0.29, 0.717) is 73.0 Å². The Balaban J connectivity index is 1.32. The van der Waals surface area contributed by atoms with Crippen molar-refractivity contribution in [3.63, 3.8) is 0 Å². The summed E-state index contributed by atoms with van der Waals surface area (Å²) in [5, 5.41) is 9.99. The number of alkyl halides is 6. The number of rotatable bonds is 12. The summed E-state index contributed by atoms with van der Waals surface area (Å²) in [6.07, 6.45) is -3.83. The highest BCUT2D eigenvalue weighted by molar-refractivity contribution is 7.86. The molecule has 0 bridgehead atoms. The number of hydrogen-bond donors (Lipinski definition) is 1. The van der Waals surface area contributed by atoms with Gasteiger partial charge in [0, 0.05) is 55.1 Å². The number of fused-ring (bicyclic) bond motifs is 1. The summed E-state index contributed by atoms with van der Waals surface area (Å²) in [6, 6.07) is 11.4. The van der Waals surface area contributed by atoms with Crippen LogP contribution >= 0.6 is 0 Å². The van der Waals surface area contributed by atoms with E-state index in [4.69, 9.17) is 13.9 Å². The molecule has 2 fully saturated rings. The van der Waals surface area contributed by atoms with Gasteiger partial charge >= 0.3 is 6.18 Å². The standard InChI is InChI=1S/C45H52F6N4O5S/c1-42(2)24-34-37(35(25-42)60-61(57,58)33-8-6-5-7-9-33)36(28-14-18-44(47,48)19-15-28)38(39(46)29-10-12-31(13-11-29)45(49,50)51)40(54-34)30-16-21-55(22-17-30)41-52-26-32(27-53-41)59-23-20-43(3,4)56/h5-13,26-28,30,35,39,56H,14-25H2,1-4H3/t35-,39-/m0/s1. The zero-order valence-corrected chi connectivity index (χ0v) is 35.5. The topological polar surface area (TPSA) is 115 Å². The van der Waals surface area contributed by atoms with E-state index in [1.54, 1.807) is 44.4 Å². The maximum atomic E-state index is 17.8. The number of halogens is 6. The molecule has 0 spiro atoms. The lowest BCUT2D eigenvalue weighted by atomic mass is 9.68. The van der Waals surface area contributed by atoms with E-state index in [9.17, 15) is 35.5 Å². The molecule has 9 nitrogen and oxygen atoms in total. The van der Waals surface area contributed by atoms with Crippen molar-refractivity contribution in [3.05, 3.63) is 106 Å². The van der Waals surface area contributed by atoms with Crippen LogP contribution in [0, 0.1) is 5.41 Å². The minimum atomic E-state index is -4.66. The van der Waals surface area contributed by atoms with Crippen molar-refractivity contribution >= 4 is 16.1 Å². The maximum absolute atomic E-state index is 17.8. The summed E-state index contributed by atoms with van der Waals surface area (Å²) < 4.78 is 128. The number of ether oxygens (including phenoxy) is 1. The van der Waals surface area contributed by atoms with Gasteiger partial charge in [0.2, 0.25) is 11.9 Å². The molecule has 2 aliphatic carbocycles. The Kier molecular flexibility index (Phi) is 12.6. The summed E-state index contributed by atoms with van der Waals surface area (Å²) >= 11 is 0. The number of hydrogen-bond acceptors (Lipinski definition) is 9. The summed E-state index contributed by atoms with van der Waals surface area (Å²) in [6.45, 7) is 8.45. The molecule has 1 saturated carbocycles. The summed E-state index contributed by atoms with van der Waals surface area (Å²) in [5.74, 6) is -3.06. The first-order chi connectivity index (χ1) is 28.6. The van der Waals surface area contributed by atoms with Gasteiger partial charge in [-0.05, 0) is 99.1 Å². The van der Waals surface area contributed by atoms with Crippen LogP contribution in [-0.2, 0) is 26.9 Å². The first-order valence-corrected chi connectivity index (χ1v) is 22.2. The highest BCUT2D eigenvalue weighted by Gasteiger charge is 2.45. The van der Waals surface area contributed by atoms with Crippen molar-refractivity contribution < 1.29 is 48.8 Å². The summed E-state index contributed by atoms with van der Waals surface area (Å²) in [5.41, 5.74) is -0.750. The Labute approximate surface area is 353 Å². The highest BCUT2D eigenvalue weighted by Crippen LogP contribution is 2.54. The number of aromatic nitrogens is 3. The van der Waals surface area contributed by atoms with Gasteiger partial charge < -0.3 is 14.7 Å². The van der Waals surface area contributed by atoms with E-state index >= 15 is 4.39 Å². The minimum absolute atomic E-state index is 0.0234. The molecule has 3 heterocycles. The fourth-order valence-corrected chi connectivity index (χ4v) is 9.95. The fraction of sp³-hybridized carbons (Fsp3) is 0.533.